The highest BCUT2D eigenvalue weighted by Crippen LogP contribution is 2.13. The highest BCUT2D eigenvalue weighted by molar-refractivity contribution is 7.90. The Labute approximate surface area is 125 Å². The van der Waals surface area contributed by atoms with Gasteiger partial charge in [0.25, 0.3) is 0 Å². The van der Waals surface area contributed by atoms with Crippen LogP contribution in [-0.4, -0.2) is 49.0 Å². The topological polar surface area (TPSA) is 102 Å². The second-order valence-electron chi connectivity index (χ2n) is 4.34. The molecule has 0 aliphatic rings. The summed E-state index contributed by atoms with van der Waals surface area (Å²) < 4.78 is 55.4. The molecular formula is C12H20N2O5S2. The lowest BCUT2D eigenvalue weighted by Crippen LogP contribution is -2.34. The molecule has 0 amide bonds. The molecule has 0 atom stereocenters. The summed E-state index contributed by atoms with van der Waals surface area (Å²) in [5.74, 6) is 0.264. The molecule has 7 nitrogen and oxygen atoms in total. The quantitative estimate of drug-likeness (QED) is 0.645. The van der Waals surface area contributed by atoms with Gasteiger partial charge in [0, 0.05) is 6.54 Å². The summed E-state index contributed by atoms with van der Waals surface area (Å²) in [5.41, 5.74) is 0.836. The number of benzene rings is 1. The van der Waals surface area contributed by atoms with Crippen LogP contribution in [0.25, 0.3) is 0 Å². The normalized spacial score (nSPS) is 12.3. The number of aryl methyl sites for hydroxylation is 1. The van der Waals surface area contributed by atoms with Crippen LogP contribution in [0.3, 0.4) is 0 Å². The predicted octanol–water partition coefficient (Wildman–Crippen LogP) is -0.294. The summed E-state index contributed by atoms with van der Waals surface area (Å²) in [6.07, 6.45) is 0.325. The summed E-state index contributed by atoms with van der Waals surface area (Å²) in [7, 11) is -4.10. The SMILES string of the molecule is CNS(=O)(=O)CCNS(=O)(=O)CCc1cccc(OC)c1. The maximum atomic E-state index is 11.8. The number of hydrogen-bond acceptors (Lipinski definition) is 5. The molecule has 0 aliphatic carbocycles. The standard InChI is InChI=1S/C12H20N2O5S2/c1-13-20(15,16)9-7-14-21(17,18)8-6-11-4-3-5-12(10-11)19-2/h3-5,10,13-14H,6-9H2,1-2H3. The molecule has 0 fully saturated rings. The fourth-order valence-electron chi connectivity index (χ4n) is 1.59. The van der Waals surface area contributed by atoms with Crippen molar-refractivity contribution in [2.45, 2.75) is 6.42 Å². The first-order valence-electron chi connectivity index (χ1n) is 6.29. The summed E-state index contributed by atoms with van der Waals surface area (Å²) in [6.45, 7) is -0.149. The molecule has 0 bridgehead atoms. The molecule has 1 rings (SSSR count). The van der Waals surface area contributed by atoms with Gasteiger partial charge in [-0.25, -0.2) is 26.3 Å². The molecule has 0 aromatic heterocycles. The van der Waals surface area contributed by atoms with E-state index in [-0.39, 0.29) is 18.1 Å². The fraction of sp³-hybridized carbons (Fsp3) is 0.500. The molecule has 0 radical (unpaired) electrons. The van der Waals surface area contributed by atoms with Crippen LogP contribution in [0, 0.1) is 0 Å². The van der Waals surface area contributed by atoms with Gasteiger partial charge in [-0.15, -0.1) is 0 Å². The van der Waals surface area contributed by atoms with E-state index in [2.05, 4.69) is 9.44 Å². The van der Waals surface area contributed by atoms with Crippen molar-refractivity contribution >= 4 is 20.0 Å². The number of sulfonamides is 2. The molecule has 0 aliphatic heterocycles. The number of hydrogen-bond donors (Lipinski definition) is 2. The molecule has 0 unspecified atom stereocenters. The van der Waals surface area contributed by atoms with Crippen LogP contribution in [0.15, 0.2) is 24.3 Å². The Morgan fingerprint density at radius 2 is 1.81 bits per heavy atom. The van der Waals surface area contributed by atoms with Crippen molar-refractivity contribution in [2.24, 2.45) is 0 Å². The first-order chi connectivity index (χ1) is 9.78. The predicted molar refractivity (Wildman–Crippen MR) is 81.3 cm³/mol. The van der Waals surface area contributed by atoms with Gasteiger partial charge in [0.05, 0.1) is 18.6 Å². The Kier molecular flexibility index (Phi) is 6.59. The fourth-order valence-corrected chi connectivity index (χ4v) is 3.35. The second-order valence-corrected chi connectivity index (χ2v) is 8.31. The van der Waals surface area contributed by atoms with E-state index in [0.29, 0.717) is 12.2 Å². The van der Waals surface area contributed by atoms with E-state index in [9.17, 15) is 16.8 Å². The minimum Gasteiger partial charge on any atom is -0.497 e. The molecule has 0 saturated heterocycles. The number of rotatable bonds is 9. The molecular weight excluding hydrogens is 316 g/mol. The summed E-state index contributed by atoms with van der Waals surface area (Å²) in [5, 5.41) is 0. The van der Waals surface area contributed by atoms with Crippen LogP contribution in [0.4, 0.5) is 0 Å². The van der Waals surface area contributed by atoms with Gasteiger partial charge in [0.15, 0.2) is 0 Å². The first-order valence-corrected chi connectivity index (χ1v) is 9.60. The third kappa shape index (κ3) is 6.89. The molecule has 0 saturated carbocycles. The zero-order chi connectivity index (χ0) is 15.9. The van der Waals surface area contributed by atoms with Crippen LogP contribution >= 0.6 is 0 Å². The summed E-state index contributed by atoms with van der Waals surface area (Å²) in [6, 6.07) is 7.14. The minimum absolute atomic E-state index is 0.111. The van der Waals surface area contributed by atoms with Gasteiger partial charge in [-0.3, -0.25) is 0 Å². The zero-order valence-electron chi connectivity index (χ0n) is 12.0. The Hall–Kier alpha value is -1.16. The van der Waals surface area contributed by atoms with Gasteiger partial charge in [0.2, 0.25) is 20.0 Å². The van der Waals surface area contributed by atoms with Gasteiger partial charge in [0.1, 0.15) is 5.75 Å². The van der Waals surface area contributed by atoms with Crippen LogP contribution in [0.2, 0.25) is 0 Å². The van der Waals surface area contributed by atoms with E-state index >= 15 is 0 Å². The van der Waals surface area contributed by atoms with E-state index in [0.717, 1.165) is 5.56 Å². The molecule has 0 heterocycles. The number of nitrogens with one attached hydrogen (secondary N) is 2. The maximum absolute atomic E-state index is 11.8. The Morgan fingerprint density at radius 3 is 2.43 bits per heavy atom. The molecule has 120 valence electrons. The third-order valence-electron chi connectivity index (χ3n) is 2.80. The van der Waals surface area contributed by atoms with Crippen LogP contribution < -0.4 is 14.2 Å². The molecule has 0 spiro atoms. The van der Waals surface area contributed by atoms with Crippen molar-refractivity contribution in [2.75, 3.05) is 32.2 Å². The lowest BCUT2D eigenvalue weighted by Gasteiger charge is -2.08. The Morgan fingerprint density at radius 1 is 1.10 bits per heavy atom. The van der Waals surface area contributed by atoms with Gasteiger partial charge < -0.3 is 4.74 Å². The van der Waals surface area contributed by atoms with E-state index in [1.807, 2.05) is 6.07 Å². The van der Waals surface area contributed by atoms with E-state index in [1.165, 1.54) is 7.05 Å². The van der Waals surface area contributed by atoms with E-state index in [1.54, 1.807) is 25.3 Å². The Bertz CT molecular complexity index is 656. The van der Waals surface area contributed by atoms with Crippen LogP contribution in [0.5, 0.6) is 5.75 Å². The second kappa shape index (κ2) is 7.74. The smallest absolute Gasteiger partial charge is 0.212 e. The number of methoxy groups -OCH3 is 1. The molecule has 21 heavy (non-hydrogen) atoms. The van der Waals surface area contributed by atoms with Crippen LogP contribution in [0.1, 0.15) is 5.56 Å². The minimum atomic E-state index is -3.51. The summed E-state index contributed by atoms with van der Waals surface area (Å²) in [4.78, 5) is 0. The van der Waals surface area contributed by atoms with E-state index in [4.69, 9.17) is 4.74 Å². The van der Waals surface area contributed by atoms with Crippen molar-refractivity contribution < 1.29 is 21.6 Å². The van der Waals surface area contributed by atoms with Crippen molar-refractivity contribution in [1.82, 2.24) is 9.44 Å². The van der Waals surface area contributed by atoms with E-state index < -0.39 is 20.0 Å². The third-order valence-corrected chi connectivity index (χ3v) is 5.55. The van der Waals surface area contributed by atoms with Crippen LogP contribution in [-0.2, 0) is 26.5 Å². The zero-order valence-corrected chi connectivity index (χ0v) is 13.6. The monoisotopic (exact) mass is 336 g/mol. The molecule has 1 aromatic rings. The average Bonchev–Trinajstić information content (AvgIpc) is 2.45. The lowest BCUT2D eigenvalue weighted by molar-refractivity contribution is 0.414. The highest BCUT2D eigenvalue weighted by atomic mass is 32.2. The van der Waals surface area contributed by atoms with Gasteiger partial charge in [-0.05, 0) is 31.2 Å². The average molecular weight is 336 g/mol. The van der Waals surface area contributed by atoms with Crippen molar-refractivity contribution in [3.63, 3.8) is 0 Å². The van der Waals surface area contributed by atoms with Gasteiger partial charge in [-0.2, -0.15) is 0 Å². The highest BCUT2D eigenvalue weighted by Gasteiger charge is 2.13. The Balaban J connectivity index is 2.49. The van der Waals surface area contributed by atoms with Gasteiger partial charge in [-0.1, -0.05) is 12.1 Å². The van der Waals surface area contributed by atoms with Crippen molar-refractivity contribution in [3.8, 4) is 5.75 Å². The molecule has 2 N–H and O–H groups in total. The summed E-state index contributed by atoms with van der Waals surface area (Å²) >= 11 is 0. The van der Waals surface area contributed by atoms with Crippen molar-refractivity contribution in [1.29, 1.82) is 0 Å². The first kappa shape index (κ1) is 17.9. The lowest BCUT2D eigenvalue weighted by atomic mass is 10.2. The maximum Gasteiger partial charge on any atom is 0.212 e. The van der Waals surface area contributed by atoms with Crippen molar-refractivity contribution in [3.05, 3.63) is 29.8 Å². The molecule has 1 aromatic carbocycles. The molecule has 9 heteroatoms. The van der Waals surface area contributed by atoms with Gasteiger partial charge >= 0.3 is 0 Å². The number of ether oxygens (including phenoxy) is 1. The largest absolute Gasteiger partial charge is 0.497 e.